The van der Waals surface area contributed by atoms with Gasteiger partial charge in [0.05, 0.1) is 28.7 Å². The highest BCUT2D eigenvalue weighted by molar-refractivity contribution is 7.89. The van der Waals surface area contributed by atoms with E-state index in [2.05, 4.69) is 10.0 Å². The Bertz CT molecular complexity index is 577. The second kappa shape index (κ2) is 5.67. The molecule has 1 aromatic rings. The van der Waals surface area contributed by atoms with Crippen molar-refractivity contribution < 1.29 is 13.2 Å². The predicted octanol–water partition coefficient (Wildman–Crippen LogP) is -0.177. The van der Waals surface area contributed by atoms with Crippen LogP contribution in [-0.2, 0) is 14.8 Å². The van der Waals surface area contributed by atoms with Crippen molar-refractivity contribution >= 4 is 10.0 Å². The lowest BCUT2D eigenvalue weighted by atomic mass is 10.2. The SMILES string of the molecule is CO[C@H]1CNCC1NS(=O)(=O)c1ccc(C#N)cc1. The molecule has 6 nitrogen and oxygen atoms in total. The third kappa shape index (κ3) is 3.11. The van der Waals surface area contributed by atoms with E-state index in [1.807, 2.05) is 6.07 Å². The van der Waals surface area contributed by atoms with Crippen LogP contribution in [-0.4, -0.2) is 40.8 Å². The standard InChI is InChI=1S/C12H15N3O3S/c1-18-12-8-14-7-11(12)15-19(16,17)10-4-2-9(6-13)3-5-10/h2-5,11-12,14-15H,7-8H2,1H3/t11?,12-/m0/s1. The summed E-state index contributed by atoms with van der Waals surface area (Å²) < 4.78 is 32.2. The van der Waals surface area contributed by atoms with Gasteiger partial charge in [-0.15, -0.1) is 0 Å². The first-order valence-corrected chi connectivity index (χ1v) is 7.31. The zero-order chi connectivity index (χ0) is 13.9. The van der Waals surface area contributed by atoms with E-state index in [0.29, 0.717) is 18.7 Å². The third-order valence-electron chi connectivity index (χ3n) is 3.06. The molecule has 0 aromatic heterocycles. The van der Waals surface area contributed by atoms with Gasteiger partial charge in [0, 0.05) is 20.2 Å². The molecule has 0 spiro atoms. The van der Waals surface area contributed by atoms with Crippen LogP contribution in [0, 0.1) is 11.3 Å². The van der Waals surface area contributed by atoms with Crippen LogP contribution in [0.4, 0.5) is 0 Å². The number of sulfonamides is 1. The van der Waals surface area contributed by atoms with Crippen molar-refractivity contribution in [2.24, 2.45) is 0 Å². The fraction of sp³-hybridized carbons (Fsp3) is 0.417. The molecule has 1 unspecified atom stereocenters. The predicted molar refractivity (Wildman–Crippen MR) is 68.9 cm³/mol. The van der Waals surface area contributed by atoms with E-state index in [0.717, 1.165) is 0 Å². The molecule has 2 N–H and O–H groups in total. The van der Waals surface area contributed by atoms with Gasteiger partial charge in [-0.25, -0.2) is 13.1 Å². The minimum Gasteiger partial charge on any atom is -0.378 e. The van der Waals surface area contributed by atoms with Gasteiger partial charge in [0.2, 0.25) is 10.0 Å². The van der Waals surface area contributed by atoms with Gasteiger partial charge in [-0.2, -0.15) is 5.26 Å². The molecule has 2 rings (SSSR count). The van der Waals surface area contributed by atoms with Gasteiger partial charge < -0.3 is 10.1 Å². The number of nitrogens with one attached hydrogen (secondary N) is 2. The minimum atomic E-state index is -3.59. The Labute approximate surface area is 112 Å². The summed E-state index contributed by atoms with van der Waals surface area (Å²) in [5, 5.41) is 11.8. The molecule has 0 aliphatic carbocycles. The topological polar surface area (TPSA) is 91.2 Å². The quantitative estimate of drug-likeness (QED) is 0.799. The number of nitriles is 1. The molecule has 1 aliphatic heterocycles. The molecular weight excluding hydrogens is 266 g/mol. The number of hydrogen-bond donors (Lipinski definition) is 2. The Hall–Kier alpha value is -1.46. The first-order valence-electron chi connectivity index (χ1n) is 5.83. The molecule has 1 heterocycles. The largest absolute Gasteiger partial charge is 0.378 e. The molecule has 2 atom stereocenters. The summed E-state index contributed by atoms with van der Waals surface area (Å²) in [6.07, 6.45) is -0.173. The Morgan fingerprint density at radius 2 is 2.05 bits per heavy atom. The van der Waals surface area contributed by atoms with Crippen molar-refractivity contribution in [1.29, 1.82) is 5.26 Å². The van der Waals surface area contributed by atoms with Gasteiger partial charge in [0.1, 0.15) is 0 Å². The maximum atomic E-state index is 12.2. The average Bonchev–Trinajstić information content (AvgIpc) is 2.85. The van der Waals surface area contributed by atoms with Crippen LogP contribution in [0.3, 0.4) is 0 Å². The van der Waals surface area contributed by atoms with Gasteiger partial charge in [-0.05, 0) is 24.3 Å². The first kappa shape index (κ1) is 14.0. The molecule has 1 aliphatic rings. The monoisotopic (exact) mass is 281 g/mol. The maximum Gasteiger partial charge on any atom is 0.240 e. The normalized spacial score (nSPS) is 23.2. The van der Waals surface area contributed by atoms with E-state index in [9.17, 15) is 8.42 Å². The summed E-state index contributed by atoms with van der Waals surface area (Å²) in [5.74, 6) is 0. The van der Waals surface area contributed by atoms with Crippen LogP contribution in [0.1, 0.15) is 5.56 Å². The number of rotatable bonds is 4. The van der Waals surface area contributed by atoms with Crippen LogP contribution in [0.2, 0.25) is 0 Å². The van der Waals surface area contributed by atoms with Crippen molar-refractivity contribution in [1.82, 2.24) is 10.0 Å². The van der Waals surface area contributed by atoms with Crippen molar-refractivity contribution in [2.45, 2.75) is 17.0 Å². The molecule has 1 fully saturated rings. The number of hydrogen-bond acceptors (Lipinski definition) is 5. The lowest BCUT2D eigenvalue weighted by Gasteiger charge is -2.18. The van der Waals surface area contributed by atoms with Crippen LogP contribution < -0.4 is 10.0 Å². The summed E-state index contributed by atoms with van der Waals surface area (Å²) in [5.41, 5.74) is 0.427. The zero-order valence-corrected chi connectivity index (χ0v) is 11.3. The van der Waals surface area contributed by atoms with E-state index in [1.54, 1.807) is 7.11 Å². The van der Waals surface area contributed by atoms with Crippen LogP contribution in [0.5, 0.6) is 0 Å². The van der Waals surface area contributed by atoms with E-state index < -0.39 is 10.0 Å². The lowest BCUT2D eigenvalue weighted by Crippen LogP contribution is -2.43. The number of ether oxygens (including phenoxy) is 1. The highest BCUT2D eigenvalue weighted by Gasteiger charge is 2.31. The molecule has 102 valence electrons. The number of methoxy groups -OCH3 is 1. The Morgan fingerprint density at radius 3 is 2.63 bits per heavy atom. The van der Waals surface area contributed by atoms with E-state index in [1.165, 1.54) is 24.3 Å². The fourth-order valence-electron chi connectivity index (χ4n) is 2.00. The molecule has 0 radical (unpaired) electrons. The molecular formula is C12H15N3O3S. The molecule has 0 saturated carbocycles. The van der Waals surface area contributed by atoms with Gasteiger partial charge in [-0.3, -0.25) is 0 Å². The summed E-state index contributed by atoms with van der Waals surface area (Å²) in [7, 11) is -2.03. The second-order valence-corrected chi connectivity index (χ2v) is 6.01. The van der Waals surface area contributed by atoms with E-state index in [-0.39, 0.29) is 17.0 Å². The van der Waals surface area contributed by atoms with Crippen molar-refractivity contribution in [2.75, 3.05) is 20.2 Å². The van der Waals surface area contributed by atoms with Crippen molar-refractivity contribution in [3.63, 3.8) is 0 Å². The zero-order valence-electron chi connectivity index (χ0n) is 10.5. The Morgan fingerprint density at radius 1 is 1.37 bits per heavy atom. The molecule has 0 amide bonds. The highest BCUT2D eigenvalue weighted by Crippen LogP contribution is 2.13. The number of nitrogens with zero attached hydrogens (tertiary/aromatic N) is 1. The molecule has 7 heteroatoms. The summed E-state index contributed by atoms with van der Waals surface area (Å²) in [6.45, 7) is 1.16. The lowest BCUT2D eigenvalue weighted by molar-refractivity contribution is 0.103. The highest BCUT2D eigenvalue weighted by atomic mass is 32.2. The van der Waals surface area contributed by atoms with Crippen molar-refractivity contribution in [3.8, 4) is 6.07 Å². The van der Waals surface area contributed by atoms with Crippen molar-refractivity contribution in [3.05, 3.63) is 29.8 Å². The van der Waals surface area contributed by atoms with Gasteiger partial charge >= 0.3 is 0 Å². The summed E-state index contributed by atoms with van der Waals surface area (Å²) in [4.78, 5) is 0.147. The van der Waals surface area contributed by atoms with Gasteiger partial charge in [0.25, 0.3) is 0 Å². The maximum absolute atomic E-state index is 12.2. The Kier molecular flexibility index (Phi) is 4.17. The Balaban J connectivity index is 2.15. The van der Waals surface area contributed by atoms with Gasteiger partial charge in [0.15, 0.2) is 0 Å². The van der Waals surface area contributed by atoms with Crippen LogP contribution in [0.15, 0.2) is 29.2 Å². The van der Waals surface area contributed by atoms with E-state index >= 15 is 0 Å². The molecule has 1 saturated heterocycles. The van der Waals surface area contributed by atoms with E-state index in [4.69, 9.17) is 10.00 Å². The molecule has 1 aromatic carbocycles. The average molecular weight is 281 g/mol. The van der Waals surface area contributed by atoms with Crippen LogP contribution >= 0.6 is 0 Å². The molecule has 19 heavy (non-hydrogen) atoms. The first-order chi connectivity index (χ1) is 9.06. The molecule has 0 bridgehead atoms. The van der Waals surface area contributed by atoms with Gasteiger partial charge in [-0.1, -0.05) is 0 Å². The van der Waals surface area contributed by atoms with Crippen LogP contribution in [0.25, 0.3) is 0 Å². The smallest absolute Gasteiger partial charge is 0.240 e. The summed E-state index contributed by atoms with van der Waals surface area (Å²) in [6, 6.07) is 7.47. The summed E-state index contributed by atoms with van der Waals surface area (Å²) >= 11 is 0. The fourth-order valence-corrected chi connectivity index (χ4v) is 3.26. The third-order valence-corrected chi connectivity index (χ3v) is 4.57. The number of benzene rings is 1. The minimum absolute atomic E-state index is 0.147. The second-order valence-electron chi connectivity index (χ2n) is 4.30.